The highest BCUT2D eigenvalue weighted by molar-refractivity contribution is 6.33. The molecule has 1 saturated heterocycles. The molecule has 2 aliphatic heterocycles. The highest BCUT2D eigenvalue weighted by Gasteiger charge is 2.46. The molecule has 0 saturated carbocycles. The Kier molecular flexibility index (Phi) is 2.08. The predicted molar refractivity (Wildman–Crippen MR) is 64.2 cm³/mol. The SMILES string of the molecule is [B]c1ccc2c(c1)NC(=O)C21CCNCC1. The molecule has 3 rings (SSSR count). The van der Waals surface area contributed by atoms with Crippen molar-refractivity contribution in [3.05, 3.63) is 23.8 Å². The third-order valence-corrected chi connectivity index (χ3v) is 3.70. The quantitative estimate of drug-likeness (QED) is 0.597. The van der Waals surface area contributed by atoms with E-state index in [-0.39, 0.29) is 11.3 Å². The maximum Gasteiger partial charge on any atom is 0.235 e. The van der Waals surface area contributed by atoms with Gasteiger partial charge in [-0.1, -0.05) is 17.6 Å². The number of piperidine rings is 1. The Morgan fingerprint density at radius 3 is 2.75 bits per heavy atom. The number of anilines is 1. The lowest BCUT2D eigenvalue weighted by Gasteiger charge is -2.31. The molecular formula is C12H13BN2O. The van der Waals surface area contributed by atoms with Crippen LogP contribution in [0.2, 0.25) is 0 Å². The van der Waals surface area contributed by atoms with Crippen molar-refractivity contribution in [2.45, 2.75) is 18.3 Å². The van der Waals surface area contributed by atoms with Gasteiger partial charge < -0.3 is 10.6 Å². The molecule has 3 nitrogen and oxygen atoms in total. The largest absolute Gasteiger partial charge is 0.325 e. The first kappa shape index (κ1) is 9.91. The van der Waals surface area contributed by atoms with E-state index in [1.165, 1.54) is 0 Å². The summed E-state index contributed by atoms with van der Waals surface area (Å²) in [6.07, 6.45) is 1.74. The molecule has 0 aromatic heterocycles. The Morgan fingerprint density at radius 2 is 2.00 bits per heavy atom. The number of amides is 1. The molecule has 0 atom stereocenters. The minimum atomic E-state index is -0.311. The Bertz CT molecular complexity index is 452. The van der Waals surface area contributed by atoms with Crippen LogP contribution in [-0.2, 0) is 10.2 Å². The maximum atomic E-state index is 12.1. The third kappa shape index (κ3) is 1.23. The van der Waals surface area contributed by atoms with E-state index in [2.05, 4.69) is 10.6 Å². The van der Waals surface area contributed by atoms with Crippen molar-refractivity contribution in [2.24, 2.45) is 0 Å². The second kappa shape index (κ2) is 3.35. The van der Waals surface area contributed by atoms with E-state index in [0.29, 0.717) is 5.46 Å². The molecule has 1 amide bonds. The number of hydrogen-bond donors (Lipinski definition) is 2. The van der Waals surface area contributed by atoms with Crippen LogP contribution in [0.4, 0.5) is 5.69 Å². The van der Waals surface area contributed by atoms with Gasteiger partial charge in [-0.25, -0.2) is 0 Å². The number of fused-ring (bicyclic) bond motifs is 2. The van der Waals surface area contributed by atoms with Gasteiger partial charge in [-0.2, -0.15) is 0 Å². The van der Waals surface area contributed by atoms with Crippen molar-refractivity contribution in [2.75, 3.05) is 18.4 Å². The van der Waals surface area contributed by atoms with Crippen molar-refractivity contribution in [1.29, 1.82) is 0 Å². The predicted octanol–water partition coefficient (Wildman–Crippen LogP) is 0.0537. The monoisotopic (exact) mass is 212 g/mol. The van der Waals surface area contributed by atoms with Gasteiger partial charge in [0, 0.05) is 5.69 Å². The van der Waals surface area contributed by atoms with Gasteiger partial charge in [0.2, 0.25) is 5.91 Å². The molecule has 4 heteroatoms. The van der Waals surface area contributed by atoms with Crippen LogP contribution in [0.5, 0.6) is 0 Å². The Balaban J connectivity index is 2.11. The van der Waals surface area contributed by atoms with Gasteiger partial charge in [0.25, 0.3) is 0 Å². The summed E-state index contributed by atoms with van der Waals surface area (Å²) < 4.78 is 0. The van der Waals surface area contributed by atoms with Crippen LogP contribution < -0.4 is 16.1 Å². The second-order valence-corrected chi connectivity index (χ2v) is 4.59. The fourth-order valence-corrected chi connectivity index (χ4v) is 2.80. The summed E-state index contributed by atoms with van der Waals surface area (Å²) in [6.45, 7) is 1.80. The first-order chi connectivity index (χ1) is 7.72. The van der Waals surface area contributed by atoms with E-state index in [1.807, 2.05) is 18.2 Å². The maximum absolute atomic E-state index is 12.1. The van der Waals surface area contributed by atoms with Gasteiger partial charge in [0.15, 0.2) is 0 Å². The van der Waals surface area contributed by atoms with Crippen molar-refractivity contribution in [1.82, 2.24) is 5.32 Å². The van der Waals surface area contributed by atoms with Gasteiger partial charge in [-0.3, -0.25) is 4.79 Å². The summed E-state index contributed by atoms with van der Waals surface area (Å²) in [5.41, 5.74) is 2.40. The van der Waals surface area contributed by atoms with E-state index in [1.54, 1.807) is 0 Å². The summed E-state index contributed by atoms with van der Waals surface area (Å²) in [7, 11) is 5.73. The Labute approximate surface area is 96.0 Å². The zero-order valence-corrected chi connectivity index (χ0v) is 9.05. The molecule has 0 unspecified atom stereocenters. The van der Waals surface area contributed by atoms with Crippen molar-refractivity contribution >= 4 is 24.9 Å². The average molecular weight is 212 g/mol. The van der Waals surface area contributed by atoms with Crippen LogP contribution in [0.1, 0.15) is 18.4 Å². The zero-order valence-electron chi connectivity index (χ0n) is 9.05. The molecule has 16 heavy (non-hydrogen) atoms. The molecule has 1 spiro atoms. The highest BCUT2D eigenvalue weighted by Crippen LogP contribution is 2.43. The van der Waals surface area contributed by atoms with E-state index in [9.17, 15) is 4.79 Å². The Hall–Kier alpha value is -1.29. The van der Waals surface area contributed by atoms with Crippen LogP contribution in [0, 0.1) is 0 Å². The summed E-state index contributed by atoms with van der Waals surface area (Å²) in [6, 6.07) is 5.72. The van der Waals surface area contributed by atoms with Crippen LogP contribution in [0.25, 0.3) is 0 Å². The minimum Gasteiger partial charge on any atom is -0.325 e. The molecule has 0 aliphatic carbocycles. The van der Waals surface area contributed by atoms with E-state index in [4.69, 9.17) is 7.85 Å². The number of rotatable bonds is 0. The standard InChI is InChI=1S/C12H13BN2O/c13-8-1-2-9-10(7-8)15-11(16)12(9)3-5-14-6-4-12/h1-2,7,14H,3-6H2,(H,15,16). The minimum absolute atomic E-state index is 0.134. The van der Waals surface area contributed by atoms with Crippen LogP contribution >= 0.6 is 0 Å². The lowest BCUT2D eigenvalue weighted by atomic mass is 9.73. The highest BCUT2D eigenvalue weighted by atomic mass is 16.2. The summed E-state index contributed by atoms with van der Waals surface area (Å²) in [5.74, 6) is 0.134. The number of carbonyl (C=O) groups is 1. The molecular weight excluding hydrogens is 199 g/mol. The van der Waals surface area contributed by atoms with Gasteiger partial charge in [0.1, 0.15) is 7.85 Å². The zero-order chi connectivity index (χ0) is 11.2. The van der Waals surface area contributed by atoms with Crippen LogP contribution in [-0.4, -0.2) is 26.8 Å². The number of hydrogen-bond acceptors (Lipinski definition) is 2. The van der Waals surface area contributed by atoms with E-state index < -0.39 is 0 Å². The van der Waals surface area contributed by atoms with Gasteiger partial charge in [-0.15, -0.1) is 0 Å². The van der Waals surface area contributed by atoms with Crippen molar-refractivity contribution in [3.63, 3.8) is 0 Å². The smallest absolute Gasteiger partial charge is 0.235 e. The average Bonchev–Trinajstić information content (AvgIpc) is 2.53. The number of benzene rings is 1. The molecule has 2 heterocycles. The lowest BCUT2D eigenvalue weighted by molar-refractivity contribution is -0.121. The molecule has 2 aliphatic rings. The van der Waals surface area contributed by atoms with Gasteiger partial charge >= 0.3 is 0 Å². The number of carbonyl (C=O) groups excluding carboxylic acids is 1. The number of nitrogens with one attached hydrogen (secondary N) is 2. The summed E-state index contributed by atoms with van der Waals surface area (Å²) >= 11 is 0. The normalized spacial score (nSPS) is 21.9. The molecule has 1 fully saturated rings. The molecule has 2 N–H and O–H groups in total. The van der Waals surface area contributed by atoms with Crippen molar-refractivity contribution < 1.29 is 4.79 Å². The summed E-state index contributed by atoms with van der Waals surface area (Å²) in [4.78, 5) is 12.1. The van der Waals surface area contributed by atoms with E-state index >= 15 is 0 Å². The molecule has 1 aromatic rings. The van der Waals surface area contributed by atoms with Gasteiger partial charge in [-0.05, 0) is 37.6 Å². The molecule has 0 bridgehead atoms. The van der Waals surface area contributed by atoms with Gasteiger partial charge in [0.05, 0.1) is 5.41 Å². The second-order valence-electron chi connectivity index (χ2n) is 4.59. The molecule has 2 radical (unpaired) electrons. The Morgan fingerprint density at radius 1 is 1.25 bits per heavy atom. The topological polar surface area (TPSA) is 41.1 Å². The summed E-state index contributed by atoms with van der Waals surface area (Å²) in [5, 5.41) is 6.25. The van der Waals surface area contributed by atoms with E-state index in [0.717, 1.165) is 37.2 Å². The molecule has 80 valence electrons. The third-order valence-electron chi connectivity index (χ3n) is 3.70. The lowest BCUT2D eigenvalue weighted by Crippen LogP contribution is -2.44. The van der Waals surface area contributed by atoms with Crippen molar-refractivity contribution in [3.8, 4) is 0 Å². The molecule has 1 aromatic carbocycles. The van der Waals surface area contributed by atoms with Crippen LogP contribution in [0.15, 0.2) is 18.2 Å². The fourth-order valence-electron chi connectivity index (χ4n) is 2.80. The fraction of sp³-hybridized carbons (Fsp3) is 0.417. The van der Waals surface area contributed by atoms with Crippen LogP contribution in [0.3, 0.4) is 0 Å². The first-order valence-electron chi connectivity index (χ1n) is 5.65. The first-order valence-corrected chi connectivity index (χ1v) is 5.65.